The van der Waals surface area contributed by atoms with Gasteiger partial charge in [-0.3, -0.25) is 14.9 Å². The highest BCUT2D eigenvalue weighted by Gasteiger charge is 2.37. The van der Waals surface area contributed by atoms with Crippen LogP contribution in [0.1, 0.15) is 5.56 Å². The van der Waals surface area contributed by atoms with E-state index in [2.05, 4.69) is 0 Å². The second kappa shape index (κ2) is 7.98. The van der Waals surface area contributed by atoms with E-state index < -0.39 is 40.5 Å². The molecule has 0 fully saturated rings. The van der Waals surface area contributed by atoms with Crippen LogP contribution >= 0.6 is 0 Å². The molecule has 0 amide bonds. The van der Waals surface area contributed by atoms with Crippen LogP contribution in [0.5, 0.6) is 5.75 Å². The van der Waals surface area contributed by atoms with Crippen molar-refractivity contribution in [3.8, 4) is 11.8 Å². The SMILES string of the molecule is CN1C(=C(C#N)C(=O)COc2ccc([N+](=O)[O-])cc2C(F)(F)F)N(C)c2ccccc21. The van der Waals surface area contributed by atoms with Crippen LogP contribution in [-0.4, -0.2) is 31.4 Å². The van der Waals surface area contributed by atoms with Crippen LogP contribution in [0.2, 0.25) is 0 Å². The number of non-ortho nitro benzene ring substituents is 1. The number of hydrogen-bond donors (Lipinski definition) is 0. The smallest absolute Gasteiger partial charge is 0.420 e. The van der Waals surface area contributed by atoms with Gasteiger partial charge in [-0.1, -0.05) is 12.1 Å². The summed E-state index contributed by atoms with van der Waals surface area (Å²) in [7, 11) is 3.31. The Hall–Kier alpha value is -4.07. The van der Waals surface area contributed by atoms with Crippen molar-refractivity contribution < 1.29 is 27.6 Å². The van der Waals surface area contributed by atoms with Gasteiger partial charge in [0.05, 0.1) is 16.3 Å². The number of para-hydroxylation sites is 2. The maximum absolute atomic E-state index is 13.3. The van der Waals surface area contributed by atoms with Crippen molar-refractivity contribution in [3.05, 3.63) is 69.5 Å². The van der Waals surface area contributed by atoms with Crippen molar-refractivity contribution in [1.82, 2.24) is 0 Å². The molecule has 160 valence electrons. The highest BCUT2D eigenvalue weighted by atomic mass is 19.4. The summed E-state index contributed by atoms with van der Waals surface area (Å²) in [6.07, 6.45) is -4.94. The Kier molecular flexibility index (Phi) is 5.57. The number of carbonyl (C=O) groups is 1. The molecule has 0 aromatic heterocycles. The lowest BCUT2D eigenvalue weighted by Crippen LogP contribution is -2.28. The number of carbonyl (C=O) groups excluding carboxylic acids is 1. The van der Waals surface area contributed by atoms with Gasteiger partial charge in [-0.05, 0) is 18.2 Å². The maximum atomic E-state index is 13.3. The van der Waals surface area contributed by atoms with E-state index in [0.717, 1.165) is 23.5 Å². The highest BCUT2D eigenvalue weighted by Crippen LogP contribution is 2.41. The van der Waals surface area contributed by atoms with Crippen molar-refractivity contribution in [2.75, 3.05) is 30.5 Å². The molecule has 0 atom stereocenters. The topological polar surface area (TPSA) is 99.7 Å². The van der Waals surface area contributed by atoms with Gasteiger partial charge in [-0.2, -0.15) is 18.4 Å². The fourth-order valence-corrected chi connectivity index (χ4v) is 3.25. The monoisotopic (exact) mass is 432 g/mol. The summed E-state index contributed by atoms with van der Waals surface area (Å²) in [4.78, 5) is 25.7. The number of rotatable bonds is 5. The van der Waals surface area contributed by atoms with Gasteiger partial charge >= 0.3 is 6.18 Å². The Labute approximate surface area is 174 Å². The summed E-state index contributed by atoms with van der Waals surface area (Å²) < 4.78 is 44.9. The normalized spacial score (nSPS) is 13.0. The number of fused-ring (bicyclic) bond motifs is 1. The van der Waals surface area contributed by atoms with Gasteiger partial charge in [0, 0.05) is 26.2 Å². The summed E-state index contributed by atoms with van der Waals surface area (Å²) in [6, 6.07) is 10.9. The summed E-state index contributed by atoms with van der Waals surface area (Å²) in [5.74, 6) is -1.32. The Morgan fingerprint density at radius 2 is 1.74 bits per heavy atom. The molecule has 2 aromatic carbocycles. The fraction of sp³-hybridized carbons (Fsp3) is 0.200. The Bertz CT molecular complexity index is 1110. The number of ether oxygens (including phenoxy) is 1. The quantitative estimate of drug-likeness (QED) is 0.306. The molecule has 0 unspecified atom stereocenters. The van der Waals surface area contributed by atoms with E-state index >= 15 is 0 Å². The molecule has 0 N–H and O–H groups in total. The van der Waals surface area contributed by atoms with E-state index in [4.69, 9.17) is 4.74 Å². The van der Waals surface area contributed by atoms with Gasteiger partial charge in [-0.25, -0.2) is 0 Å². The predicted octanol–water partition coefficient (Wildman–Crippen LogP) is 3.88. The molecule has 1 aliphatic heterocycles. The molecule has 8 nitrogen and oxygen atoms in total. The van der Waals surface area contributed by atoms with Crippen molar-refractivity contribution in [3.63, 3.8) is 0 Å². The van der Waals surface area contributed by atoms with Crippen LogP contribution in [0.15, 0.2) is 53.9 Å². The lowest BCUT2D eigenvalue weighted by Gasteiger charge is -2.20. The Morgan fingerprint density at radius 1 is 1.16 bits per heavy atom. The number of benzene rings is 2. The van der Waals surface area contributed by atoms with Crippen LogP contribution in [0, 0.1) is 21.4 Å². The zero-order valence-electron chi connectivity index (χ0n) is 16.3. The fourth-order valence-electron chi connectivity index (χ4n) is 3.25. The number of ketones is 1. The second-order valence-electron chi connectivity index (χ2n) is 6.56. The molecule has 1 aliphatic rings. The van der Waals surface area contributed by atoms with Gasteiger partial charge in [0.15, 0.2) is 6.61 Å². The maximum Gasteiger partial charge on any atom is 0.420 e. The molecule has 0 saturated heterocycles. The molecule has 11 heteroatoms. The molecular formula is C20H15F3N4O4. The van der Waals surface area contributed by atoms with Gasteiger partial charge in [-0.15, -0.1) is 0 Å². The number of Topliss-reactive ketones (excluding diaryl/α,β-unsaturated/α-hetero) is 1. The number of alkyl halides is 3. The molecule has 0 saturated carbocycles. The summed E-state index contributed by atoms with van der Waals surface area (Å²) in [5, 5.41) is 20.3. The van der Waals surface area contributed by atoms with Gasteiger partial charge < -0.3 is 14.5 Å². The molecule has 2 aromatic rings. The zero-order valence-corrected chi connectivity index (χ0v) is 16.3. The average Bonchev–Trinajstić information content (AvgIpc) is 2.97. The van der Waals surface area contributed by atoms with Gasteiger partial charge in [0.1, 0.15) is 28.8 Å². The lowest BCUT2D eigenvalue weighted by molar-refractivity contribution is -0.385. The summed E-state index contributed by atoms with van der Waals surface area (Å²) >= 11 is 0. The number of nitro groups is 1. The largest absolute Gasteiger partial charge is 0.485 e. The van der Waals surface area contributed by atoms with E-state index in [1.165, 1.54) is 0 Å². The molecule has 3 rings (SSSR count). The van der Waals surface area contributed by atoms with Crippen LogP contribution < -0.4 is 14.5 Å². The highest BCUT2D eigenvalue weighted by molar-refractivity contribution is 6.03. The first-order chi connectivity index (χ1) is 14.6. The predicted molar refractivity (Wildman–Crippen MR) is 104 cm³/mol. The lowest BCUT2D eigenvalue weighted by atomic mass is 10.1. The number of halogens is 3. The zero-order chi connectivity index (χ0) is 22.9. The number of nitro benzene ring substituents is 1. The van der Waals surface area contributed by atoms with Crippen molar-refractivity contribution >= 4 is 22.8 Å². The molecule has 0 aliphatic carbocycles. The number of hydrogen-bond acceptors (Lipinski definition) is 7. The third kappa shape index (κ3) is 4.00. The Morgan fingerprint density at radius 3 is 2.23 bits per heavy atom. The first kappa shape index (κ1) is 21.6. The molecule has 0 spiro atoms. The number of anilines is 2. The summed E-state index contributed by atoms with van der Waals surface area (Å²) in [5.41, 5.74) is -0.954. The second-order valence-corrected chi connectivity index (χ2v) is 6.56. The van der Waals surface area contributed by atoms with Crippen LogP contribution in [0.25, 0.3) is 0 Å². The van der Waals surface area contributed by atoms with Gasteiger partial charge in [0.2, 0.25) is 5.78 Å². The van der Waals surface area contributed by atoms with Crippen LogP contribution in [-0.2, 0) is 11.0 Å². The van der Waals surface area contributed by atoms with E-state index in [-0.39, 0.29) is 11.4 Å². The summed E-state index contributed by atoms with van der Waals surface area (Å²) in [6.45, 7) is -0.856. The third-order valence-corrected chi connectivity index (χ3v) is 4.69. The van der Waals surface area contributed by atoms with E-state index in [9.17, 15) is 33.3 Å². The minimum absolute atomic E-state index is 0.261. The van der Waals surface area contributed by atoms with E-state index in [1.54, 1.807) is 54.2 Å². The first-order valence-corrected chi connectivity index (χ1v) is 8.78. The minimum atomic E-state index is -4.94. The van der Waals surface area contributed by atoms with Crippen molar-refractivity contribution in [2.24, 2.45) is 0 Å². The number of nitrogens with zero attached hydrogens (tertiary/aromatic N) is 4. The molecule has 1 heterocycles. The first-order valence-electron chi connectivity index (χ1n) is 8.78. The number of nitriles is 1. The molecule has 0 radical (unpaired) electrons. The van der Waals surface area contributed by atoms with Gasteiger partial charge in [0.25, 0.3) is 5.69 Å². The molecule has 31 heavy (non-hydrogen) atoms. The van der Waals surface area contributed by atoms with Crippen LogP contribution in [0.3, 0.4) is 0 Å². The van der Waals surface area contributed by atoms with E-state index in [0.29, 0.717) is 6.07 Å². The van der Waals surface area contributed by atoms with Crippen molar-refractivity contribution in [1.29, 1.82) is 5.26 Å². The van der Waals surface area contributed by atoms with Crippen molar-refractivity contribution in [2.45, 2.75) is 6.18 Å². The third-order valence-electron chi connectivity index (χ3n) is 4.69. The average molecular weight is 432 g/mol. The van der Waals surface area contributed by atoms with Crippen LogP contribution in [0.4, 0.5) is 30.2 Å². The molecule has 0 bridgehead atoms. The van der Waals surface area contributed by atoms with E-state index in [1.807, 2.05) is 0 Å². The Balaban J connectivity index is 1.90. The standard InChI is InChI=1S/C20H15F3N4O4/c1-25-15-5-3-4-6-16(15)26(2)19(25)13(10-24)17(28)11-31-18-8-7-12(27(29)30)9-14(18)20(21,22)23/h3-9H,11H2,1-2H3. The minimum Gasteiger partial charge on any atom is -0.485 e. The molecular weight excluding hydrogens is 417 g/mol.